The lowest BCUT2D eigenvalue weighted by Crippen LogP contribution is -2.06. The zero-order valence-electron chi connectivity index (χ0n) is 38.6. The summed E-state index contributed by atoms with van der Waals surface area (Å²) in [5.74, 6) is -0.0333. The first-order valence-electron chi connectivity index (χ1n) is 21.7. The molecule has 18 heteroatoms. The Morgan fingerprint density at radius 1 is 0.377 bits per heavy atom. The molecule has 7 aromatic carbocycles. The molecule has 0 saturated heterocycles. The molecule has 0 fully saturated rings. The van der Waals surface area contributed by atoms with Crippen LogP contribution in [0, 0.1) is 48.5 Å². The average Bonchev–Trinajstić information content (AvgIpc) is 3.27. The minimum Gasteiger partial charge on any atom is -0.505 e. The predicted octanol–water partition coefficient (Wildman–Crippen LogP) is 13.1. The normalized spacial score (nSPS) is 11.5. The third-order valence-corrected chi connectivity index (χ3v) is 11.3. The molecule has 9 aromatic rings. The first kappa shape index (κ1) is 44.9. The zero-order valence-corrected chi connectivity index (χ0v) is 38.6. The highest BCUT2D eigenvalue weighted by atomic mass is 16.3. The van der Waals surface area contributed by atoms with Gasteiger partial charge < -0.3 is 41.7 Å². The molecule has 0 radical (unpaired) electrons. The molecule has 0 aliphatic heterocycles. The molecule has 2 aromatic heterocycles. The van der Waals surface area contributed by atoms with Crippen LogP contribution < -0.4 is 21.3 Å². The van der Waals surface area contributed by atoms with Crippen LogP contribution in [0.1, 0.15) is 38.9 Å². The van der Waals surface area contributed by atoms with E-state index in [1.54, 1.807) is 12.1 Å². The topological polar surface area (TPSA) is 256 Å². The molecular weight excluding hydrogens is 873 g/mol. The average molecular weight is 919 g/mol. The maximum Gasteiger partial charge on any atom is 0.320 e. The number of hydrogen-bond donors (Lipinski definition) is 8. The highest BCUT2D eigenvalue weighted by Crippen LogP contribution is 2.45. The third kappa shape index (κ3) is 9.66. The number of nitrogens with zero attached hydrogens (tertiary/aromatic N) is 10. The van der Waals surface area contributed by atoms with Gasteiger partial charge >= 0.3 is 12.0 Å². The van der Waals surface area contributed by atoms with Crippen molar-refractivity contribution in [3.8, 4) is 23.5 Å². The Hall–Kier alpha value is -9.32. The van der Waals surface area contributed by atoms with Gasteiger partial charge in [0.25, 0.3) is 0 Å². The quantitative estimate of drug-likeness (QED) is 0.0531. The molecule has 69 heavy (non-hydrogen) atoms. The number of aryl methyl sites for hydroxylation is 7. The SMILES string of the molecule is Cc1cc(Nc2nc(O)nc(Nc3ccc(Nc4nc(O)nc(Nc5cc(C)cc6cc(C)c(N=Nc7ccccc7C)c(O)c56)n4)c(C)c3)n2)c2c(O)c(N=Nc3ccccc3C)c(C)cc2c1. The molecule has 0 aliphatic rings. The Balaban J connectivity index is 0.942. The fourth-order valence-corrected chi connectivity index (χ4v) is 7.93. The molecule has 2 heterocycles. The number of aromatic nitrogens is 6. The van der Waals surface area contributed by atoms with E-state index >= 15 is 0 Å². The van der Waals surface area contributed by atoms with Crippen LogP contribution in [0.5, 0.6) is 23.5 Å². The van der Waals surface area contributed by atoms with E-state index in [0.717, 1.165) is 49.7 Å². The van der Waals surface area contributed by atoms with Crippen LogP contribution in [-0.2, 0) is 0 Å². The number of rotatable bonds is 12. The first-order valence-corrected chi connectivity index (χ1v) is 21.7. The van der Waals surface area contributed by atoms with E-state index in [2.05, 4.69) is 71.6 Å². The monoisotopic (exact) mass is 918 g/mol. The van der Waals surface area contributed by atoms with Crippen molar-refractivity contribution in [1.82, 2.24) is 29.9 Å². The molecule has 18 nitrogen and oxygen atoms in total. The Kier molecular flexibility index (Phi) is 12.0. The van der Waals surface area contributed by atoms with Crippen molar-refractivity contribution < 1.29 is 20.4 Å². The van der Waals surface area contributed by atoms with E-state index in [4.69, 9.17) is 0 Å². The van der Waals surface area contributed by atoms with E-state index in [-0.39, 0.29) is 35.3 Å². The lowest BCUT2D eigenvalue weighted by atomic mass is 10.0. The fraction of sp³-hybridized carbons (Fsp3) is 0.137. The summed E-state index contributed by atoms with van der Waals surface area (Å²) in [4.78, 5) is 25.5. The van der Waals surface area contributed by atoms with Crippen molar-refractivity contribution in [3.05, 3.63) is 142 Å². The number of anilines is 8. The molecular formula is C51H46N14O4. The van der Waals surface area contributed by atoms with Crippen molar-refractivity contribution in [2.75, 3.05) is 21.3 Å². The van der Waals surface area contributed by atoms with Gasteiger partial charge in [0.2, 0.25) is 23.8 Å². The molecule has 8 N–H and O–H groups in total. The Morgan fingerprint density at radius 3 is 1.23 bits per heavy atom. The van der Waals surface area contributed by atoms with Crippen LogP contribution in [0.3, 0.4) is 0 Å². The number of phenols is 2. The zero-order chi connectivity index (χ0) is 48.5. The van der Waals surface area contributed by atoms with Gasteiger partial charge in [-0.15, -0.1) is 10.2 Å². The summed E-state index contributed by atoms with van der Waals surface area (Å²) < 4.78 is 0. The molecule has 9 rings (SSSR count). The number of hydrogen-bond acceptors (Lipinski definition) is 18. The van der Waals surface area contributed by atoms with E-state index in [9.17, 15) is 20.4 Å². The second kappa shape index (κ2) is 18.5. The van der Waals surface area contributed by atoms with Crippen LogP contribution in [0.2, 0.25) is 0 Å². The largest absolute Gasteiger partial charge is 0.505 e. The van der Waals surface area contributed by atoms with Crippen molar-refractivity contribution in [1.29, 1.82) is 0 Å². The van der Waals surface area contributed by atoms with Crippen molar-refractivity contribution in [2.45, 2.75) is 48.5 Å². The van der Waals surface area contributed by atoms with Crippen LogP contribution in [0.4, 0.5) is 69.3 Å². The molecule has 0 aliphatic carbocycles. The summed E-state index contributed by atoms with van der Waals surface area (Å²) in [5, 5.41) is 77.3. The van der Waals surface area contributed by atoms with Gasteiger partial charge in [0.05, 0.1) is 22.7 Å². The summed E-state index contributed by atoms with van der Waals surface area (Å²) in [7, 11) is 0. The highest BCUT2D eigenvalue weighted by Gasteiger charge is 2.19. The second-order valence-corrected chi connectivity index (χ2v) is 16.7. The van der Waals surface area contributed by atoms with Gasteiger partial charge in [-0.1, -0.05) is 48.5 Å². The lowest BCUT2D eigenvalue weighted by Gasteiger charge is -2.15. The van der Waals surface area contributed by atoms with Crippen LogP contribution in [-0.4, -0.2) is 50.3 Å². The first-order chi connectivity index (χ1) is 33.1. The summed E-state index contributed by atoms with van der Waals surface area (Å²) in [6.45, 7) is 13.3. The van der Waals surface area contributed by atoms with Gasteiger partial charge in [-0.3, -0.25) is 0 Å². The van der Waals surface area contributed by atoms with Crippen molar-refractivity contribution in [2.24, 2.45) is 20.5 Å². The second-order valence-electron chi connectivity index (χ2n) is 16.7. The van der Waals surface area contributed by atoms with Gasteiger partial charge in [-0.25, -0.2) is 0 Å². The van der Waals surface area contributed by atoms with E-state index < -0.39 is 12.0 Å². The van der Waals surface area contributed by atoms with Crippen LogP contribution in [0.15, 0.2) is 124 Å². The van der Waals surface area contributed by atoms with Crippen LogP contribution in [0.25, 0.3) is 21.5 Å². The van der Waals surface area contributed by atoms with Crippen LogP contribution >= 0.6 is 0 Å². The maximum absolute atomic E-state index is 11.6. The maximum atomic E-state index is 11.6. The number of nitrogens with one attached hydrogen (secondary N) is 4. The summed E-state index contributed by atoms with van der Waals surface area (Å²) in [6.07, 6.45) is 0. The fourth-order valence-electron chi connectivity index (χ4n) is 7.93. The Morgan fingerprint density at radius 2 is 0.797 bits per heavy atom. The minimum absolute atomic E-state index is 0.0158. The van der Waals surface area contributed by atoms with Gasteiger partial charge in [0.1, 0.15) is 11.4 Å². The van der Waals surface area contributed by atoms with Crippen molar-refractivity contribution in [3.63, 3.8) is 0 Å². The summed E-state index contributed by atoms with van der Waals surface area (Å²) in [5.41, 5.74) is 10.1. The standard InChI is InChI=1S/C51H46N14O4/c1-25-18-32-22-30(6)42(64-62-36-14-10-8-12-27(36)3)44(66)40(32)38(20-25)54-48-56-46(58-50(68)60-48)52-34-16-17-35(29(5)24-34)53-47-57-49(61-51(69)59-47)55-39-21-26(2)19-33-23-31(7)43(45(67)41(33)39)65-63-37-15-11-9-13-28(37)4/h8-24,66-67H,1-7H3,(H3,52,54,56,58,60,68)(H3,53,55,57,59,61,69). The van der Waals surface area contributed by atoms with E-state index in [1.807, 2.05) is 139 Å². The van der Waals surface area contributed by atoms with E-state index in [0.29, 0.717) is 56.3 Å². The highest BCUT2D eigenvalue weighted by molar-refractivity contribution is 6.05. The van der Waals surface area contributed by atoms with Crippen molar-refractivity contribution >= 4 is 90.8 Å². The number of fused-ring (bicyclic) bond motifs is 2. The molecule has 0 amide bonds. The molecule has 0 spiro atoms. The van der Waals surface area contributed by atoms with Gasteiger partial charge in [0.15, 0.2) is 11.5 Å². The molecule has 0 atom stereocenters. The number of benzene rings is 7. The number of azo groups is 2. The van der Waals surface area contributed by atoms with E-state index in [1.165, 1.54) is 0 Å². The Bertz CT molecular complexity index is 3560. The third-order valence-electron chi connectivity index (χ3n) is 11.3. The predicted molar refractivity (Wildman–Crippen MR) is 268 cm³/mol. The molecule has 0 bridgehead atoms. The Labute approximate surface area is 395 Å². The number of phenolic OH excluding ortho intramolecular Hbond substituents is 2. The molecule has 344 valence electrons. The molecule has 0 saturated carbocycles. The van der Waals surface area contributed by atoms with Gasteiger partial charge in [-0.2, -0.15) is 40.1 Å². The van der Waals surface area contributed by atoms with Gasteiger partial charge in [-0.05, 0) is 153 Å². The smallest absolute Gasteiger partial charge is 0.320 e. The molecule has 0 unspecified atom stereocenters. The van der Waals surface area contributed by atoms with Gasteiger partial charge in [0, 0.05) is 22.1 Å². The summed E-state index contributed by atoms with van der Waals surface area (Å²) >= 11 is 0. The summed E-state index contributed by atoms with van der Waals surface area (Å²) in [6, 6.07) is 30.9. The lowest BCUT2D eigenvalue weighted by molar-refractivity contribution is 0.429. The number of aromatic hydroxyl groups is 4. The minimum atomic E-state index is -0.540.